The van der Waals surface area contributed by atoms with Crippen LogP contribution >= 0.6 is 22.7 Å². The molecule has 5 aromatic heterocycles. The maximum atomic E-state index is 10.0. The third-order valence-corrected chi connectivity index (χ3v) is 28.7. The second-order valence-corrected chi connectivity index (χ2v) is 38.9. The number of aryl methyl sites for hydroxylation is 19. The van der Waals surface area contributed by atoms with E-state index in [2.05, 4.69) is 452 Å². The summed E-state index contributed by atoms with van der Waals surface area (Å²) >= 11 is 3.68. The van der Waals surface area contributed by atoms with Gasteiger partial charge in [-0.15, -0.1) is 22.7 Å². The number of rotatable bonds is 2. The van der Waals surface area contributed by atoms with E-state index >= 15 is 0 Å². The van der Waals surface area contributed by atoms with Crippen molar-refractivity contribution in [2.24, 2.45) is 0 Å². The van der Waals surface area contributed by atoms with E-state index in [0.29, 0.717) is 0 Å². The number of para-hydroxylation sites is 1. The number of aldehydes is 1. The average molecular weight is 1920 g/mol. The van der Waals surface area contributed by atoms with Crippen LogP contribution in [0.25, 0.3) is 75.4 Å². The zero-order chi connectivity index (χ0) is 105. The molecular formula is C130H154B2F2NO4S2. The van der Waals surface area contributed by atoms with E-state index in [-0.39, 0.29) is 17.5 Å². The first-order valence-electron chi connectivity index (χ1n) is 48.5. The van der Waals surface area contributed by atoms with Gasteiger partial charge in [0.1, 0.15) is 23.4 Å². The molecule has 3 radical (unpaired) electrons. The molecule has 0 saturated heterocycles. The summed E-state index contributed by atoms with van der Waals surface area (Å²) in [6.45, 7) is 66.8. The van der Waals surface area contributed by atoms with Gasteiger partial charge in [-0.1, -0.05) is 294 Å². The Kier molecular flexibility index (Phi) is 50.5. The van der Waals surface area contributed by atoms with E-state index in [9.17, 15) is 4.79 Å². The summed E-state index contributed by atoms with van der Waals surface area (Å²) in [4.78, 5) is 17.2. The molecule has 0 bridgehead atoms. The van der Waals surface area contributed by atoms with Crippen LogP contribution < -0.4 is 0 Å². The molecule has 20 rings (SSSR count). The van der Waals surface area contributed by atoms with Gasteiger partial charge >= 0.3 is 12.4 Å². The number of hydrogen-bond acceptors (Lipinski definition) is 7. The fourth-order valence-electron chi connectivity index (χ4n) is 15.4. The Labute approximate surface area is 858 Å². The molecule has 0 amide bonds. The maximum absolute atomic E-state index is 10.0. The molecule has 0 atom stereocenters. The first-order chi connectivity index (χ1) is 67.3. The summed E-state index contributed by atoms with van der Waals surface area (Å²) in [5.74, 6) is 2.03. The molecule has 0 spiro atoms. The molecule has 0 aliphatic heterocycles. The van der Waals surface area contributed by atoms with Crippen LogP contribution in [0.3, 0.4) is 0 Å². The number of nitrogens with zero attached hydrogens (tertiary/aromatic N) is 1. The number of fused-ring (bicyclic) bond motifs is 9. The van der Waals surface area contributed by atoms with Crippen LogP contribution in [-0.4, -0.2) is 30.1 Å². The van der Waals surface area contributed by atoms with E-state index < -0.39 is 0 Å². The summed E-state index contributed by atoms with van der Waals surface area (Å²) in [6, 6.07) is 101. The van der Waals surface area contributed by atoms with Gasteiger partial charge in [0.15, 0.2) is 0 Å². The second kappa shape index (κ2) is 60.2. The van der Waals surface area contributed by atoms with E-state index in [4.69, 9.17) is 19.6 Å². The first-order valence-corrected chi connectivity index (χ1v) is 49.2. The Balaban J connectivity index is 0.000000398. The number of halogens is 2. The van der Waals surface area contributed by atoms with Crippen LogP contribution in [0.1, 0.15) is 215 Å². The normalized spacial score (nSPS) is 10.4. The van der Waals surface area contributed by atoms with Gasteiger partial charge in [-0.05, 0) is 421 Å². The summed E-state index contributed by atoms with van der Waals surface area (Å²) in [5.41, 5.74) is 40.7. The summed E-state index contributed by atoms with van der Waals surface area (Å²) in [7, 11) is 7.00. The molecule has 0 N–H and O–H groups in total. The molecule has 14 aromatic carbocycles. The van der Waals surface area contributed by atoms with Crippen molar-refractivity contribution in [1.29, 1.82) is 2.79 Å². The van der Waals surface area contributed by atoms with E-state index in [1.54, 1.807) is 29.7 Å². The van der Waals surface area contributed by atoms with Gasteiger partial charge in [0, 0.05) is 50.8 Å². The molecule has 0 unspecified atom stereocenters. The van der Waals surface area contributed by atoms with Crippen molar-refractivity contribution in [3.63, 3.8) is 0 Å². The summed E-state index contributed by atoms with van der Waals surface area (Å²) in [6.07, 6.45) is 5.51. The van der Waals surface area contributed by atoms with Gasteiger partial charge in [-0.3, -0.25) is 19.2 Å². The summed E-state index contributed by atoms with van der Waals surface area (Å²) in [5, 5.41) is 14.1. The molecule has 735 valence electrons. The van der Waals surface area contributed by atoms with Crippen molar-refractivity contribution in [1.82, 2.24) is 4.98 Å². The van der Waals surface area contributed by atoms with Crippen LogP contribution in [0.5, 0.6) is 0 Å². The topological polar surface area (TPSA) is 73.3 Å². The molecule has 1 aliphatic rings. The Bertz CT molecular complexity index is 6640. The number of furan rings is 2. The Morgan fingerprint density at radius 2 is 0.809 bits per heavy atom. The fourth-order valence-corrected chi connectivity index (χ4v) is 17.2. The van der Waals surface area contributed by atoms with Crippen molar-refractivity contribution < 1.29 is 27.8 Å². The SMILES string of the molecule is C.CC(C)=C(C)C.CCc1ccccc1C.Cc1c(C)c(C)c(C)c(C)c1C.Cc1cc2ccccc2cc1C.Cc1cc2cccnc2cc1C.Cc1ccc2c(c1)C(C)(C)c1ccccc1-2.Cc1ccc2ccccc2c1C.Cc1ccc2ccccc2c1C.Cc1ccoc1C.Cc1ccsc1C.Cc1oc2ccccc2c1C.Cc1sc2ccccc2c1C.F.O=Cc1ccccc1.[3H]F.[3H][B].[B]=O. The quantitative estimate of drug-likeness (QED) is 0.0980. The molecule has 0 fully saturated rings. The van der Waals surface area contributed by atoms with E-state index in [0.717, 1.165) is 40.9 Å². The molecule has 11 heteroatoms. The number of hydrogen-bond donors (Lipinski definition) is 0. The zero-order valence-electron chi connectivity index (χ0n) is 91.1. The third-order valence-electron chi connectivity index (χ3n) is 26.6. The first kappa shape index (κ1) is 118. The minimum absolute atomic E-state index is 0. The molecule has 141 heavy (non-hydrogen) atoms. The molecule has 19 aromatic rings. The standard InChI is InChI=1S/C16H16.3C12H12.C12H18.C11H11N.C10H10O.C10H10S.C9H12.C7H6O.C6H8O.C6H8S.C6H12.CH4.BO.BH.2FH/c1-11-8-9-13-12-6-4-5-7-14(12)16(2,3)15(13)10-11;1-9-7-11-5-3-4-6-12(11)8-10(9)2;2*1-9-7-8-11-5-3-4-6-12(11)10(9)2;1-7-8(2)10(4)12(6)11(5)9(7)3;1-8-6-10-4-3-5-12-11(10)7-9(8)2;2*1-7-8(2)11-10-6-4-3-5-9(7)10;1-3-9-7-5-4-6-8(9)2;8-6-7-4-2-1-3-5-7;2*1-5-3-4-7-6(5)2;1-5(2)6(3)4;;1-2;;;/h4-10H,1-3H3;3*3-8H,1-2H3;1-6H3;3-7H,1-2H3;2*3-6H,1-2H3;4-7H,3H2,1-2H3;1-6H;2*3-4H,1-2H3;1-4H3;1H4;;3*1H/i;;;;;;;;;;;;;;;1T;;/hT. The van der Waals surface area contributed by atoms with Crippen LogP contribution in [0.2, 0.25) is 0 Å². The van der Waals surface area contributed by atoms with Crippen LogP contribution in [0.4, 0.5) is 9.42 Å². The van der Waals surface area contributed by atoms with Crippen molar-refractivity contribution in [2.45, 2.75) is 234 Å². The number of thiophene rings is 2. The molecule has 5 nitrogen and oxygen atoms in total. The number of carbonyl (C=O) groups is 1. The van der Waals surface area contributed by atoms with Crippen LogP contribution in [-0.2, 0) is 16.5 Å². The van der Waals surface area contributed by atoms with Gasteiger partial charge < -0.3 is 8.83 Å². The fraction of sp³-hybridized carbons (Fsp3) is 0.262. The summed E-state index contributed by atoms with van der Waals surface area (Å²) < 4.78 is 37.9. The van der Waals surface area contributed by atoms with Crippen molar-refractivity contribution >= 4 is 109 Å². The van der Waals surface area contributed by atoms with Gasteiger partial charge in [0.2, 0.25) is 0 Å². The van der Waals surface area contributed by atoms with Crippen LogP contribution in [0.15, 0.2) is 329 Å². The minimum atomic E-state index is 0. The third kappa shape index (κ3) is 35.0. The Hall–Kier alpha value is -13.1. The van der Waals surface area contributed by atoms with Crippen molar-refractivity contribution in [3.8, 4) is 11.1 Å². The zero-order valence-corrected chi connectivity index (χ0v) is 90.7. The molecule has 5 heterocycles. The second-order valence-electron chi connectivity index (χ2n) is 36.5. The van der Waals surface area contributed by atoms with Crippen molar-refractivity contribution in [2.75, 3.05) is 0 Å². The molecule has 0 saturated carbocycles. The van der Waals surface area contributed by atoms with E-state index in [1.807, 2.05) is 86.8 Å². The monoisotopic (exact) mass is 1920 g/mol. The van der Waals surface area contributed by atoms with Crippen LogP contribution in [0, 0.1) is 166 Å². The average Bonchev–Trinajstić information content (AvgIpc) is 1.58. The van der Waals surface area contributed by atoms with Crippen molar-refractivity contribution in [3.05, 3.63) is 475 Å². The number of pyridine rings is 1. The van der Waals surface area contributed by atoms with Gasteiger partial charge in [0.05, 0.1) is 11.8 Å². The van der Waals surface area contributed by atoms with E-state index in [1.165, 1.54) is 213 Å². The number of allylic oxidation sites excluding steroid dienone is 2. The Morgan fingerprint density at radius 3 is 1.23 bits per heavy atom. The number of aromatic nitrogens is 1. The number of benzene rings is 14. The molecule has 1 aliphatic carbocycles. The molecular weight excluding hydrogens is 1760 g/mol. The predicted molar refractivity (Wildman–Crippen MR) is 621 cm³/mol. The predicted octanol–water partition coefficient (Wildman–Crippen LogP) is 38.1. The number of carbonyl (C=O) groups excluding carboxylic acids is 1. The van der Waals surface area contributed by atoms with Gasteiger partial charge in [-0.2, -0.15) is 0 Å². The van der Waals surface area contributed by atoms with Gasteiger partial charge in [0.25, 0.3) is 1.45 Å². The Morgan fingerprint density at radius 1 is 0.376 bits per heavy atom. The van der Waals surface area contributed by atoms with Gasteiger partial charge in [-0.25, -0.2) is 0 Å².